The molecule has 1 heterocycles. The molecule has 0 atom stereocenters. The van der Waals surface area contributed by atoms with Gasteiger partial charge in [-0.15, -0.1) is 0 Å². The molecule has 0 unspecified atom stereocenters. The molecule has 0 aromatic heterocycles. The normalized spacial score (nSPS) is 15.7. The molecule has 4 nitrogen and oxygen atoms in total. The van der Waals surface area contributed by atoms with E-state index in [1.54, 1.807) is 42.2 Å². The topological polar surface area (TPSA) is 61.2 Å². The average Bonchev–Trinajstić information content (AvgIpc) is 2.49. The Labute approximate surface area is 127 Å². The quantitative estimate of drug-likeness (QED) is 0.809. The van der Waals surface area contributed by atoms with Gasteiger partial charge in [0.25, 0.3) is 0 Å². The van der Waals surface area contributed by atoms with Crippen LogP contribution in [0.5, 0.6) is 0 Å². The molecular formula is C16H11FN2O2S. The minimum absolute atomic E-state index is 0.0674. The lowest BCUT2D eigenvalue weighted by atomic mass is 10.1. The molecule has 22 heavy (non-hydrogen) atoms. The molecule has 6 heteroatoms. The third kappa shape index (κ3) is 2.07. The largest absolute Gasteiger partial charge is 0.314 e. The van der Waals surface area contributed by atoms with Gasteiger partial charge in [0.2, 0.25) is 9.84 Å². The van der Waals surface area contributed by atoms with Crippen molar-refractivity contribution in [1.29, 1.82) is 5.26 Å². The highest BCUT2D eigenvalue weighted by Gasteiger charge is 2.32. The van der Waals surface area contributed by atoms with Gasteiger partial charge in [0.05, 0.1) is 10.6 Å². The number of aryl methyl sites for hydroxylation is 1. The van der Waals surface area contributed by atoms with Gasteiger partial charge < -0.3 is 4.90 Å². The van der Waals surface area contributed by atoms with Gasteiger partial charge in [-0.05, 0) is 42.8 Å². The third-order valence-electron chi connectivity index (χ3n) is 3.48. The molecule has 0 saturated carbocycles. The lowest BCUT2D eigenvalue weighted by molar-refractivity contribution is 0.602. The van der Waals surface area contributed by atoms with Crippen LogP contribution in [0.3, 0.4) is 0 Å². The standard InChI is InChI=1S/C16H11FN2O2S/c1-11-8-12(17)6-7-14(11)19-10-13(9-18)22(20,21)16-5-3-2-4-15(16)19/h2-8,10H,1H3. The number of hydrogen-bond donors (Lipinski definition) is 0. The van der Waals surface area contributed by atoms with E-state index in [-0.39, 0.29) is 15.6 Å². The van der Waals surface area contributed by atoms with Crippen LogP contribution in [-0.2, 0) is 9.84 Å². The summed E-state index contributed by atoms with van der Waals surface area (Å²) in [4.78, 5) is 1.33. The number of halogens is 1. The second-order valence-electron chi connectivity index (χ2n) is 4.88. The summed E-state index contributed by atoms with van der Waals surface area (Å²) in [5.74, 6) is -0.372. The number of hydrogen-bond acceptors (Lipinski definition) is 4. The number of benzene rings is 2. The van der Waals surface area contributed by atoms with Crippen molar-refractivity contribution in [3.05, 3.63) is 65.0 Å². The van der Waals surface area contributed by atoms with E-state index < -0.39 is 9.84 Å². The van der Waals surface area contributed by atoms with Gasteiger partial charge in [0, 0.05) is 11.9 Å². The first-order valence-electron chi connectivity index (χ1n) is 6.46. The zero-order valence-electron chi connectivity index (χ0n) is 11.6. The molecule has 0 amide bonds. The van der Waals surface area contributed by atoms with Crippen molar-refractivity contribution in [2.45, 2.75) is 11.8 Å². The molecule has 1 aliphatic heterocycles. The smallest absolute Gasteiger partial charge is 0.220 e. The first-order chi connectivity index (χ1) is 10.4. The Bertz CT molecular complexity index is 943. The second kappa shape index (κ2) is 4.97. The van der Waals surface area contributed by atoms with Gasteiger partial charge in [-0.1, -0.05) is 12.1 Å². The predicted molar refractivity (Wildman–Crippen MR) is 80.6 cm³/mol. The molecule has 0 N–H and O–H groups in total. The lowest BCUT2D eigenvalue weighted by Gasteiger charge is -2.28. The first-order valence-corrected chi connectivity index (χ1v) is 7.95. The van der Waals surface area contributed by atoms with Crippen molar-refractivity contribution in [3.63, 3.8) is 0 Å². The van der Waals surface area contributed by atoms with Crippen LogP contribution in [0.25, 0.3) is 0 Å². The molecule has 1 aliphatic rings. The number of nitrogens with zero attached hydrogens (tertiary/aromatic N) is 2. The Kier molecular flexibility index (Phi) is 3.23. The van der Waals surface area contributed by atoms with Crippen molar-refractivity contribution in [2.75, 3.05) is 4.90 Å². The minimum Gasteiger partial charge on any atom is -0.314 e. The van der Waals surface area contributed by atoms with E-state index in [2.05, 4.69) is 0 Å². The predicted octanol–water partition coefficient (Wildman–Crippen LogP) is 3.42. The maximum Gasteiger partial charge on any atom is 0.220 e. The molecule has 110 valence electrons. The highest BCUT2D eigenvalue weighted by molar-refractivity contribution is 7.95. The maximum absolute atomic E-state index is 13.3. The van der Waals surface area contributed by atoms with Gasteiger partial charge in [0.15, 0.2) is 4.91 Å². The van der Waals surface area contributed by atoms with Crippen LogP contribution < -0.4 is 4.90 Å². The summed E-state index contributed by atoms with van der Waals surface area (Å²) in [7, 11) is -3.81. The second-order valence-corrected chi connectivity index (χ2v) is 6.76. The molecule has 0 spiro atoms. The van der Waals surface area contributed by atoms with E-state index in [1.807, 2.05) is 0 Å². The Morgan fingerprint density at radius 2 is 1.86 bits per heavy atom. The summed E-state index contributed by atoms with van der Waals surface area (Å²) in [6.07, 6.45) is 1.28. The van der Waals surface area contributed by atoms with E-state index >= 15 is 0 Å². The summed E-state index contributed by atoms with van der Waals surface area (Å²) in [6, 6.07) is 12.4. The van der Waals surface area contributed by atoms with E-state index in [1.165, 1.54) is 24.4 Å². The van der Waals surface area contributed by atoms with Crippen LogP contribution >= 0.6 is 0 Å². The lowest BCUT2D eigenvalue weighted by Crippen LogP contribution is -2.21. The third-order valence-corrected chi connectivity index (χ3v) is 5.18. The minimum atomic E-state index is -3.81. The van der Waals surface area contributed by atoms with E-state index in [4.69, 9.17) is 5.26 Å². The fourth-order valence-corrected chi connectivity index (χ4v) is 3.74. The van der Waals surface area contributed by atoms with Gasteiger partial charge in [-0.3, -0.25) is 0 Å². The monoisotopic (exact) mass is 314 g/mol. The van der Waals surface area contributed by atoms with Crippen molar-refractivity contribution in [3.8, 4) is 6.07 Å². The van der Waals surface area contributed by atoms with E-state index in [9.17, 15) is 12.8 Å². The van der Waals surface area contributed by atoms with Crippen molar-refractivity contribution in [1.82, 2.24) is 0 Å². The molecular weight excluding hydrogens is 303 g/mol. The Hall–Kier alpha value is -2.65. The van der Waals surface area contributed by atoms with Crippen molar-refractivity contribution < 1.29 is 12.8 Å². The summed E-state index contributed by atoms with van der Waals surface area (Å²) in [6.45, 7) is 1.73. The van der Waals surface area contributed by atoms with Crippen LogP contribution in [0.2, 0.25) is 0 Å². The van der Waals surface area contributed by atoms with E-state index in [0.717, 1.165) is 0 Å². The van der Waals surface area contributed by atoms with Crippen LogP contribution in [-0.4, -0.2) is 8.42 Å². The average molecular weight is 314 g/mol. The van der Waals surface area contributed by atoms with Crippen LogP contribution in [0.1, 0.15) is 5.56 Å². The van der Waals surface area contributed by atoms with E-state index in [0.29, 0.717) is 16.9 Å². The number of para-hydroxylation sites is 1. The first kappa shape index (κ1) is 14.3. The molecule has 0 radical (unpaired) electrons. The van der Waals surface area contributed by atoms with Crippen molar-refractivity contribution >= 4 is 21.2 Å². The number of allylic oxidation sites excluding steroid dienone is 1. The Balaban J connectivity index is 2.31. The summed E-state index contributed by atoms with van der Waals surface area (Å²) in [5.41, 5.74) is 1.70. The molecule has 0 aliphatic carbocycles. The molecule has 2 aromatic carbocycles. The fraction of sp³-hybridized carbons (Fsp3) is 0.0625. The molecule has 0 fully saturated rings. The van der Waals surface area contributed by atoms with Gasteiger partial charge in [-0.25, -0.2) is 12.8 Å². The van der Waals surface area contributed by atoms with Crippen LogP contribution in [0.15, 0.2) is 58.5 Å². The fourth-order valence-electron chi connectivity index (χ4n) is 2.44. The van der Waals surface area contributed by atoms with Gasteiger partial charge in [-0.2, -0.15) is 5.26 Å². The van der Waals surface area contributed by atoms with Crippen LogP contribution in [0, 0.1) is 24.1 Å². The maximum atomic E-state index is 13.3. The van der Waals surface area contributed by atoms with Gasteiger partial charge >= 0.3 is 0 Å². The SMILES string of the molecule is Cc1cc(F)ccc1N1C=C(C#N)S(=O)(=O)c2ccccc21. The number of anilines is 2. The summed E-state index contributed by atoms with van der Waals surface area (Å²) >= 11 is 0. The highest BCUT2D eigenvalue weighted by Crippen LogP contribution is 2.40. The highest BCUT2D eigenvalue weighted by atomic mass is 32.2. The van der Waals surface area contributed by atoms with Gasteiger partial charge in [0.1, 0.15) is 11.9 Å². The Morgan fingerprint density at radius 1 is 1.14 bits per heavy atom. The molecule has 3 rings (SSSR count). The molecule has 0 saturated heterocycles. The number of rotatable bonds is 1. The Morgan fingerprint density at radius 3 is 2.55 bits per heavy atom. The molecule has 0 bridgehead atoms. The number of nitriles is 1. The zero-order valence-corrected chi connectivity index (χ0v) is 12.4. The van der Waals surface area contributed by atoms with Crippen LogP contribution in [0.4, 0.5) is 15.8 Å². The van der Waals surface area contributed by atoms with Crippen molar-refractivity contribution in [2.24, 2.45) is 0 Å². The number of sulfone groups is 1. The molecule has 2 aromatic rings. The zero-order chi connectivity index (χ0) is 15.9. The number of fused-ring (bicyclic) bond motifs is 1. The summed E-state index contributed by atoms with van der Waals surface area (Å²) in [5, 5.41) is 9.15. The summed E-state index contributed by atoms with van der Waals surface area (Å²) < 4.78 is 38.0.